The minimum absolute atomic E-state index is 0.00596. The Labute approximate surface area is 578 Å². The summed E-state index contributed by atoms with van der Waals surface area (Å²) in [5, 5.41) is 7.95. The van der Waals surface area contributed by atoms with Gasteiger partial charge in [0.15, 0.2) is 0 Å². The Hall–Kier alpha value is -5.83. The molecule has 2 aliphatic carbocycles. The van der Waals surface area contributed by atoms with Crippen molar-refractivity contribution >= 4 is 76.6 Å². The first-order chi connectivity index (χ1) is 45.5. The molecule has 6 fully saturated rings. The average molecular weight is 1400 g/mol. The van der Waals surface area contributed by atoms with Crippen LogP contribution in [-0.2, 0) is 57.5 Å². The van der Waals surface area contributed by atoms with E-state index in [1.54, 1.807) is 18.9 Å². The summed E-state index contributed by atoms with van der Waals surface area (Å²) in [7, 11) is 10.4. The van der Waals surface area contributed by atoms with Crippen molar-refractivity contribution in [2.24, 2.45) is 29.6 Å². The third-order valence-electron chi connectivity index (χ3n) is 22.3. The molecule has 0 aromatic carbocycles. The summed E-state index contributed by atoms with van der Waals surface area (Å²) in [4.78, 5) is 176. The van der Waals surface area contributed by atoms with Gasteiger partial charge < -0.3 is 59.9 Å². The van der Waals surface area contributed by atoms with E-state index in [1.165, 1.54) is 78.7 Å². The minimum atomic E-state index is -4.49. The second-order valence-electron chi connectivity index (χ2n) is 29.6. The second kappa shape index (κ2) is 35.0. The van der Waals surface area contributed by atoms with Gasteiger partial charge in [-0.1, -0.05) is 60.8 Å². The molecule has 4 aliphatic heterocycles. The highest BCUT2D eigenvalue weighted by Gasteiger charge is 2.52. The van der Waals surface area contributed by atoms with Crippen LogP contribution in [0.4, 0.5) is 13.2 Å². The predicted molar refractivity (Wildman–Crippen MR) is 360 cm³/mol. The van der Waals surface area contributed by atoms with Crippen molar-refractivity contribution in [2.45, 2.75) is 255 Å². The number of hydrogen-bond acceptors (Lipinski definition) is 13. The molecule has 11 amide bonds. The fourth-order valence-corrected chi connectivity index (χ4v) is 16.0. The first-order valence-electron chi connectivity index (χ1n) is 35.6. The van der Waals surface area contributed by atoms with Crippen molar-refractivity contribution in [3.8, 4) is 0 Å². The Bertz CT molecular complexity index is 2790. The van der Waals surface area contributed by atoms with E-state index in [-0.39, 0.29) is 95.2 Å². The maximum absolute atomic E-state index is 15.5. The Morgan fingerprint density at radius 3 is 1.87 bits per heavy atom. The number of amides is 11. The number of methoxy groups -OCH3 is 1. The van der Waals surface area contributed by atoms with Gasteiger partial charge in [0, 0.05) is 93.0 Å². The number of ether oxygens (including phenoxy) is 1. The smallest absolute Gasteiger partial charge is 0.385 e. The summed E-state index contributed by atoms with van der Waals surface area (Å²) in [5.41, 5.74) is -0.932. The number of carbonyl (C=O) groups is 11. The average Bonchev–Trinajstić information content (AvgIpc) is 1.77. The van der Waals surface area contributed by atoms with Crippen LogP contribution >= 0.6 is 11.6 Å². The zero-order chi connectivity index (χ0) is 72.3. The van der Waals surface area contributed by atoms with E-state index in [9.17, 15) is 46.7 Å². The van der Waals surface area contributed by atoms with Gasteiger partial charge in [-0.25, -0.2) is 0 Å². The maximum atomic E-state index is 15.5. The number of nitrogens with zero attached hydrogens (tertiary/aromatic N) is 9. The first-order valence-corrected chi connectivity index (χ1v) is 36.0. The lowest BCUT2D eigenvalue weighted by atomic mass is 9.78. The molecule has 0 bridgehead atoms. The minimum Gasteiger partial charge on any atom is -0.385 e. The molecular formula is C69H114ClF3N12O12. The molecule has 1 spiro atoms. The standard InChI is InChI=1S/C69H114ClF3N12O12/c1-16-43(6)57-66(95)78(10)44(7)61(90)85-35-28-52(85)64(93)81(13)51(29-36-97-15)63(92)77(9)40-55(86)74-49(27-25-46-24-26-47(48(70)38-46)69(71,72)73)62(91)84-34-22-23-50(84)60(89)76-68(30-18-19-31-68)45(8)79(11)58(42(4)5)67(96)82(14)54(65(94)83-32-20-17-21-33-83)39-56(87)80(12)53(37-41(2)3)59(88)75-57/h41-54,57-58H,16-40H2,1-15H3,(H,74,86)(H,75,88)(H,76,89)/t43-,44-,45?,46?,47?,48?,49-,50-,51-,52-,53-,54-,57-,58-/m0/s1. The van der Waals surface area contributed by atoms with Gasteiger partial charge in [-0.15, -0.1) is 11.6 Å². The summed E-state index contributed by atoms with van der Waals surface area (Å²) in [5.74, 6) is -9.38. The van der Waals surface area contributed by atoms with Crippen LogP contribution < -0.4 is 16.0 Å². The first kappa shape index (κ1) is 80.1. The van der Waals surface area contributed by atoms with E-state index in [1.807, 2.05) is 46.4 Å². The topological polar surface area (TPSA) is 262 Å². The molecule has 4 unspecified atom stereocenters. The van der Waals surface area contributed by atoms with E-state index in [4.69, 9.17) is 16.3 Å². The number of nitrogens with one attached hydrogen (secondary N) is 3. The number of piperidine rings is 1. The molecule has 0 radical (unpaired) electrons. The lowest BCUT2D eigenvalue weighted by molar-refractivity contribution is -0.182. The number of fused-ring (bicyclic) bond motifs is 2. The van der Waals surface area contributed by atoms with Crippen LogP contribution in [0.5, 0.6) is 0 Å². The van der Waals surface area contributed by atoms with Gasteiger partial charge in [0.25, 0.3) is 0 Å². The van der Waals surface area contributed by atoms with Crippen molar-refractivity contribution in [1.82, 2.24) is 60.0 Å². The van der Waals surface area contributed by atoms with Crippen LogP contribution in [0, 0.1) is 29.6 Å². The second-order valence-corrected chi connectivity index (χ2v) is 30.2. The third-order valence-corrected chi connectivity index (χ3v) is 22.8. The molecule has 24 nitrogen and oxygen atoms in total. The lowest BCUT2D eigenvalue weighted by Crippen LogP contribution is -2.66. The van der Waals surface area contributed by atoms with Crippen molar-refractivity contribution in [3.05, 3.63) is 0 Å². The van der Waals surface area contributed by atoms with Crippen LogP contribution in [0.2, 0.25) is 0 Å². The number of likely N-dealkylation sites (tertiary alicyclic amines) is 1. The largest absolute Gasteiger partial charge is 0.393 e. The number of carbonyl (C=O) groups excluding carboxylic acids is 11. The monoisotopic (exact) mass is 1390 g/mol. The van der Waals surface area contributed by atoms with Crippen molar-refractivity contribution < 1.29 is 70.6 Å². The number of likely N-dealkylation sites (N-methyl/N-ethyl adjacent to an activating group) is 6. The van der Waals surface area contributed by atoms with E-state index >= 15 is 19.2 Å². The third kappa shape index (κ3) is 19.2. The summed E-state index contributed by atoms with van der Waals surface area (Å²) < 4.78 is 47.3. The molecule has 0 aromatic rings. The van der Waals surface area contributed by atoms with Gasteiger partial charge in [-0.3, -0.25) is 57.6 Å². The fourth-order valence-electron chi connectivity index (χ4n) is 15.5. The van der Waals surface area contributed by atoms with Crippen LogP contribution in [0.3, 0.4) is 0 Å². The molecular weight excluding hydrogens is 1280 g/mol. The highest BCUT2D eigenvalue weighted by atomic mass is 35.5. The number of alkyl halides is 4. The Morgan fingerprint density at radius 2 is 1.30 bits per heavy atom. The van der Waals surface area contributed by atoms with E-state index < -0.39 is 167 Å². The molecule has 550 valence electrons. The Morgan fingerprint density at radius 1 is 0.660 bits per heavy atom. The van der Waals surface area contributed by atoms with Gasteiger partial charge in [0.05, 0.1) is 30.5 Å². The van der Waals surface area contributed by atoms with Crippen LogP contribution in [0.15, 0.2) is 0 Å². The molecule has 3 N–H and O–H groups in total. The van der Waals surface area contributed by atoms with E-state index in [0.29, 0.717) is 38.8 Å². The van der Waals surface area contributed by atoms with Crippen LogP contribution in [0.25, 0.3) is 0 Å². The number of rotatable bonds is 12. The molecule has 4 heterocycles. The fraction of sp³-hybridized carbons (Fsp3) is 0.841. The Kier molecular flexibility index (Phi) is 28.9. The van der Waals surface area contributed by atoms with E-state index in [0.717, 1.165) is 37.0 Å². The molecule has 28 heteroatoms. The normalized spacial score (nSPS) is 31.4. The Balaban J connectivity index is 1.41. The molecule has 6 rings (SSSR count). The molecule has 2 saturated carbocycles. The summed E-state index contributed by atoms with van der Waals surface area (Å²) >= 11 is 6.39. The van der Waals surface area contributed by atoms with Gasteiger partial charge in [-0.05, 0) is 134 Å². The number of hydrogen-bond donors (Lipinski definition) is 3. The molecule has 6 aliphatic rings. The summed E-state index contributed by atoms with van der Waals surface area (Å²) in [6.07, 6.45) is 1.50. The van der Waals surface area contributed by atoms with Gasteiger partial charge in [0.2, 0.25) is 65.0 Å². The highest BCUT2D eigenvalue weighted by molar-refractivity contribution is 6.20. The van der Waals surface area contributed by atoms with E-state index in [2.05, 4.69) is 16.0 Å². The van der Waals surface area contributed by atoms with Crippen molar-refractivity contribution in [1.29, 1.82) is 0 Å². The summed E-state index contributed by atoms with van der Waals surface area (Å²) in [6.45, 7) is 15.2. The lowest BCUT2D eigenvalue weighted by Gasteiger charge is -2.47. The van der Waals surface area contributed by atoms with Crippen LogP contribution in [0.1, 0.15) is 177 Å². The molecule has 14 atom stereocenters. The predicted octanol–water partition coefficient (Wildman–Crippen LogP) is 5.02. The maximum Gasteiger partial charge on any atom is 0.393 e. The summed E-state index contributed by atoms with van der Waals surface area (Å²) in [6, 6.07) is -10.8. The zero-order valence-electron chi connectivity index (χ0n) is 60.4. The SMILES string of the molecule is CC[C@H](C)[C@@H]1NC(=O)[C@H](CC(C)C)N(C)C(=O)C[C@@H](C(=O)N2CCCCC2)N(C)C(=O)[C@H](C(C)C)N(C)C(C)C2(CCCC2)NC(=O)[C@@H]2CCCN2C(=O)[C@H](CCC2CCC(C(F)(F)F)C(Cl)C2)NC(=O)CN(C)C(=O)[C@H](CCOC)N(C)C(=O)[C@@H]2CCN2C(=O)[C@H](C)N(C)C1=O. The van der Waals surface area contributed by atoms with Crippen molar-refractivity contribution in [3.63, 3.8) is 0 Å². The molecule has 0 aromatic heterocycles. The molecule has 97 heavy (non-hydrogen) atoms. The molecule has 4 saturated heterocycles. The highest BCUT2D eigenvalue weighted by Crippen LogP contribution is 2.44. The van der Waals surface area contributed by atoms with Crippen molar-refractivity contribution in [2.75, 3.05) is 88.7 Å². The number of halogens is 4. The van der Waals surface area contributed by atoms with Gasteiger partial charge in [-0.2, -0.15) is 13.2 Å². The zero-order valence-corrected chi connectivity index (χ0v) is 61.1. The van der Waals surface area contributed by atoms with Crippen LogP contribution in [-0.4, -0.2) is 275 Å². The van der Waals surface area contributed by atoms with Gasteiger partial charge in [0.1, 0.15) is 48.3 Å². The van der Waals surface area contributed by atoms with Gasteiger partial charge >= 0.3 is 6.18 Å². The quantitative estimate of drug-likeness (QED) is 0.217.